The maximum atomic E-state index is 12.2. The van der Waals surface area contributed by atoms with Crippen LogP contribution in [-0.2, 0) is 21.2 Å². The Hall–Kier alpha value is -0.430. The van der Waals surface area contributed by atoms with Crippen molar-refractivity contribution >= 4 is 21.4 Å². The first kappa shape index (κ1) is 15.0. The zero-order chi connectivity index (χ0) is 13.9. The summed E-state index contributed by atoms with van der Waals surface area (Å²) in [4.78, 5) is 2.48. The number of aryl methyl sites for hydroxylation is 1. The molecule has 0 saturated carbocycles. The van der Waals surface area contributed by atoms with Crippen molar-refractivity contribution in [1.82, 2.24) is 4.72 Å². The Balaban J connectivity index is 1.91. The summed E-state index contributed by atoms with van der Waals surface area (Å²) < 4.78 is 32.5. The molecule has 1 aromatic heterocycles. The van der Waals surface area contributed by atoms with Gasteiger partial charge in [0.05, 0.1) is 5.25 Å². The molecule has 0 amide bonds. The molecule has 6 heteroatoms. The van der Waals surface area contributed by atoms with Gasteiger partial charge < -0.3 is 4.74 Å². The van der Waals surface area contributed by atoms with E-state index >= 15 is 0 Å². The van der Waals surface area contributed by atoms with Crippen molar-refractivity contribution in [1.29, 1.82) is 0 Å². The van der Waals surface area contributed by atoms with Crippen LogP contribution in [0.5, 0.6) is 0 Å². The summed E-state index contributed by atoms with van der Waals surface area (Å²) in [7, 11) is -3.22. The van der Waals surface area contributed by atoms with Crippen LogP contribution in [0.3, 0.4) is 0 Å². The van der Waals surface area contributed by atoms with Crippen molar-refractivity contribution < 1.29 is 13.2 Å². The molecule has 19 heavy (non-hydrogen) atoms. The predicted octanol–water partition coefficient (Wildman–Crippen LogP) is 2.09. The molecular formula is C13H21NO3S2. The molecule has 108 valence electrons. The zero-order valence-electron chi connectivity index (χ0n) is 11.4. The number of rotatable bonds is 5. The largest absolute Gasteiger partial charge is 0.381 e. The fraction of sp³-hybridized carbons (Fsp3) is 0.692. The fourth-order valence-electron chi connectivity index (χ4n) is 2.30. The number of hydrogen-bond acceptors (Lipinski definition) is 4. The van der Waals surface area contributed by atoms with Crippen molar-refractivity contribution in [2.75, 3.05) is 13.2 Å². The molecule has 0 aromatic carbocycles. The molecule has 0 radical (unpaired) electrons. The van der Waals surface area contributed by atoms with E-state index in [0.717, 1.165) is 6.42 Å². The zero-order valence-corrected chi connectivity index (χ0v) is 13.0. The van der Waals surface area contributed by atoms with Gasteiger partial charge >= 0.3 is 0 Å². The predicted molar refractivity (Wildman–Crippen MR) is 78.1 cm³/mol. The van der Waals surface area contributed by atoms with Crippen LogP contribution < -0.4 is 4.72 Å². The third-order valence-corrected chi connectivity index (χ3v) is 6.38. The molecule has 1 atom stereocenters. The van der Waals surface area contributed by atoms with Gasteiger partial charge in [-0.25, -0.2) is 13.1 Å². The first-order valence-electron chi connectivity index (χ1n) is 6.61. The maximum Gasteiger partial charge on any atom is 0.214 e. The van der Waals surface area contributed by atoms with Gasteiger partial charge in [-0.15, -0.1) is 11.3 Å². The normalized spacial score (nSPS) is 19.5. The van der Waals surface area contributed by atoms with E-state index in [-0.39, 0.29) is 11.3 Å². The van der Waals surface area contributed by atoms with Crippen LogP contribution in [0.1, 0.15) is 29.5 Å². The van der Waals surface area contributed by atoms with Crippen LogP contribution in [0.25, 0.3) is 0 Å². The van der Waals surface area contributed by atoms with E-state index in [0.29, 0.717) is 26.1 Å². The van der Waals surface area contributed by atoms with E-state index in [4.69, 9.17) is 4.74 Å². The van der Waals surface area contributed by atoms with Crippen molar-refractivity contribution in [3.8, 4) is 0 Å². The Labute approximate surface area is 119 Å². The lowest BCUT2D eigenvalue weighted by molar-refractivity contribution is 0.0981. The Kier molecular flexibility index (Phi) is 5.00. The lowest BCUT2D eigenvalue weighted by atomic mass is 10.2. The highest BCUT2D eigenvalue weighted by Gasteiger charge is 2.28. The van der Waals surface area contributed by atoms with E-state index in [1.54, 1.807) is 11.3 Å². The highest BCUT2D eigenvalue weighted by molar-refractivity contribution is 7.90. The Morgan fingerprint density at radius 3 is 2.68 bits per heavy atom. The SMILES string of the molecule is Cc1ccc(C[C@@H](C)NS(=O)(=O)C2CCOCC2)s1. The average Bonchev–Trinajstić information content (AvgIpc) is 2.75. The van der Waals surface area contributed by atoms with Gasteiger partial charge in [0.1, 0.15) is 0 Å². The Bertz CT molecular complexity index is 504. The van der Waals surface area contributed by atoms with E-state index in [2.05, 4.69) is 23.8 Å². The van der Waals surface area contributed by atoms with Crippen LogP contribution in [-0.4, -0.2) is 32.9 Å². The first-order chi connectivity index (χ1) is 8.97. The summed E-state index contributed by atoms with van der Waals surface area (Å²) in [5.74, 6) is 0. The number of ether oxygens (including phenoxy) is 1. The molecule has 1 aliphatic rings. The van der Waals surface area contributed by atoms with Gasteiger partial charge in [0.15, 0.2) is 0 Å². The second-order valence-corrected chi connectivity index (χ2v) is 8.46. The topological polar surface area (TPSA) is 55.4 Å². The molecule has 1 aromatic rings. The minimum atomic E-state index is -3.22. The van der Waals surface area contributed by atoms with Gasteiger partial charge in [0, 0.05) is 29.0 Å². The molecule has 0 spiro atoms. The van der Waals surface area contributed by atoms with Crippen molar-refractivity contribution in [2.24, 2.45) is 0 Å². The maximum absolute atomic E-state index is 12.2. The number of hydrogen-bond donors (Lipinski definition) is 1. The number of nitrogens with one attached hydrogen (secondary N) is 1. The van der Waals surface area contributed by atoms with Crippen molar-refractivity contribution in [2.45, 2.75) is 44.4 Å². The molecule has 0 aliphatic carbocycles. The Morgan fingerprint density at radius 2 is 2.11 bits per heavy atom. The third-order valence-electron chi connectivity index (χ3n) is 3.28. The number of sulfonamides is 1. The van der Waals surface area contributed by atoms with E-state index in [1.165, 1.54) is 9.75 Å². The molecule has 1 N–H and O–H groups in total. The molecule has 0 unspecified atom stereocenters. The van der Waals surface area contributed by atoms with Gasteiger partial charge in [-0.2, -0.15) is 0 Å². The minimum Gasteiger partial charge on any atom is -0.381 e. The summed E-state index contributed by atoms with van der Waals surface area (Å²) in [5.41, 5.74) is 0. The molecular weight excluding hydrogens is 282 g/mol. The highest BCUT2D eigenvalue weighted by Crippen LogP contribution is 2.19. The summed E-state index contributed by atoms with van der Waals surface area (Å²) in [6, 6.07) is 4.07. The monoisotopic (exact) mass is 303 g/mol. The average molecular weight is 303 g/mol. The molecule has 1 aliphatic heterocycles. The summed E-state index contributed by atoms with van der Waals surface area (Å²) in [5, 5.41) is -0.297. The van der Waals surface area contributed by atoms with Crippen LogP contribution >= 0.6 is 11.3 Å². The molecule has 4 nitrogen and oxygen atoms in total. The summed E-state index contributed by atoms with van der Waals surface area (Å²) in [6.07, 6.45) is 1.95. The second-order valence-electron chi connectivity index (χ2n) is 5.09. The van der Waals surface area contributed by atoms with Gasteiger partial charge in [-0.3, -0.25) is 0 Å². The van der Waals surface area contributed by atoms with Gasteiger partial charge in [0.2, 0.25) is 10.0 Å². The molecule has 1 saturated heterocycles. The minimum absolute atomic E-state index is 0.0640. The smallest absolute Gasteiger partial charge is 0.214 e. The molecule has 0 bridgehead atoms. The van der Waals surface area contributed by atoms with Gasteiger partial charge in [-0.1, -0.05) is 0 Å². The lowest BCUT2D eigenvalue weighted by Gasteiger charge is -2.24. The van der Waals surface area contributed by atoms with E-state index in [1.807, 2.05) is 6.92 Å². The van der Waals surface area contributed by atoms with Crippen LogP contribution in [0.4, 0.5) is 0 Å². The quantitative estimate of drug-likeness (QED) is 0.906. The molecule has 2 rings (SSSR count). The van der Waals surface area contributed by atoms with Gasteiger partial charge in [0.25, 0.3) is 0 Å². The van der Waals surface area contributed by atoms with Crippen LogP contribution in [0.2, 0.25) is 0 Å². The summed E-state index contributed by atoms with van der Waals surface area (Å²) in [6.45, 7) is 5.07. The second kappa shape index (κ2) is 6.35. The van der Waals surface area contributed by atoms with Crippen molar-refractivity contribution in [3.05, 3.63) is 21.9 Å². The van der Waals surface area contributed by atoms with Crippen LogP contribution in [0.15, 0.2) is 12.1 Å². The molecule has 2 heterocycles. The fourth-order valence-corrected chi connectivity index (χ4v) is 4.97. The number of thiophene rings is 1. The third kappa shape index (κ3) is 4.27. The van der Waals surface area contributed by atoms with E-state index < -0.39 is 10.0 Å². The molecule has 1 fully saturated rings. The first-order valence-corrected chi connectivity index (χ1v) is 8.98. The van der Waals surface area contributed by atoms with Crippen LogP contribution in [0, 0.1) is 6.92 Å². The standard InChI is InChI=1S/C13H21NO3S2/c1-10(9-12-4-3-11(2)18-12)14-19(15,16)13-5-7-17-8-6-13/h3-4,10,13-14H,5-9H2,1-2H3/t10-/m1/s1. The van der Waals surface area contributed by atoms with Gasteiger partial charge in [-0.05, 0) is 45.2 Å². The Morgan fingerprint density at radius 1 is 1.42 bits per heavy atom. The lowest BCUT2D eigenvalue weighted by Crippen LogP contribution is -2.42. The van der Waals surface area contributed by atoms with Crippen molar-refractivity contribution in [3.63, 3.8) is 0 Å². The summed E-state index contributed by atoms with van der Waals surface area (Å²) >= 11 is 1.72. The van der Waals surface area contributed by atoms with E-state index in [9.17, 15) is 8.42 Å². The highest BCUT2D eigenvalue weighted by atomic mass is 32.2.